The number of amides is 1. The molecular weight excluding hydrogens is 269 g/mol. The molecule has 0 aliphatic carbocycles. The number of benzene rings is 1. The van der Waals surface area contributed by atoms with E-state index in [1.807, 2.05) is 6.92 Å². The van der Waals surface area contributed by atoms with Crippen molar-refractivity contribution < 1.29 is 18.0 Å². The fourth-order valence-corrected chi connectivity index (χ4v) is 1.64. The van der Waals surface area contributed by atoms with E-state index in [4.69, 9.17) is 0 Å². The van der Waals surface area contributed by atoms with Gasteiger partial charge >= 0.3 is 6.18 Å². The average molecular weight is 288 g/mol. The lowest BCUT2D eigenvalue weighted by Crippen LogP contribution is -2.38. The summed E-state index contributed by atoms with van der Waals surface area (Å²) in [5, 5.41) is 5.49. The van der Waals surface area contributed by atoms with E-state index in [1.165, 1.54) is 12.1 Å². The predicted molar refractivity (Wildman–Crippen MR) is 72.4 cm³/mol. The van der Waals surface area contributed by atoms with E-state index in [0.29, 0.717) is 6.54 Å². The third kappa shape index (κ3) is 5.11. The number of alkyl halides is 3. The van der Waals surface area contributed by atoms with Gasteiger partial charge in [0, 0.05) is 12.2 Å². The van der Waals surface area contributed by atoms with Crippen molar-refractivity contribution in [1.82, 2.24) is 5.32 Å². The summed E-state index contributed by atoms with van der Waals surface area (Å²) in [6.45, 7) is 4.20. The van der Waals surface area contributed by atoms with Crippen LogP contribution in [0.1, 0.15) is 32.3 Å². The molecule has 6 heteroatoms. The number of unbranched alkanes of at least 4 members (excludes halogenated alkanes) is 1. The maximum Gasteiger partial charge on any atom is 0.416 e. The third-order valence-electron chi connectivity index (χ3n) is 2.80. The normalized spacial score (nSPS) is 12.8. The Kier molecular flexibility index (Phi) is 5.85. The van der Waals surface area contributed by atoms with Crippen LogP contribution in [0.2, 0.25) is 0 Å². The van der Waals surface area contributed by atoms with Gasteiger partial charge in [0.2, 0.25) is 5.91 Å². The van der Waals surface area contributed by atoms with Gasteiger partial charge in [-0.05, 0) is 31.5 Å². The molecule has 0 radical (unpaired) electrons. The van der Waals surface area contributed by atoms with Crippen molar-refractivity contribution in [2.45, 2.75) is 38.9 Å². The van der Waals surface area contributed by atoms with Crippen LogP contribution in [0.5, 0.6) is 0 Å². The molecule has 20 heavy (non-hydrogen) atoms. The minimum absolute atomic E-state index is 0.226. The lowest BCUT2D eigenvalue weighted by molar-refractivity contribution is -0.137. The average Bonchev–Trinajstić information content (AvgIpc) is 2.38. The lowest BCUT2D eigenvalue weighted by atomic mass is 10.2. The highest BCUT2D eigenvalue weighted by Crippen LogP contribution is 2.30. The van der Waals surface area contributed by atoms with E-state index in [0.717, 1.165) is 25.0 Å². The summed E-state index contributed by atoms with van der Waals surface area (Å²) >= 11 is 0. The van der Waals surface area contributed by atoms with Gasteiger partial charge in [-0.25, -0.2) is 0 Å². The van der Waals surface area contributed by atoms with E-state index in [1.54, 1.807) is 6.92 Å². The summed E-state index contributed by atoms with van der Waals surface area (Å²) in [5.41, 5.74) is -0.459. The van der Waals surface area contributed by atoms with Crippen LogP contribution >= 0.6 is 0 Å². The van der Waals surface area contributed by atoms with Gasteiger partial charge in [-0.1, -0.05) is 19.4 Å². The fraction of sp³-hybridized carbons (Fsp3) is 0.500. The molecule has 0 aliphatic rings. The third-order valence-corrected chi connectivity index (χ3v) is 2.80. The van der Waals surface area contributed by atoms with Crippen molar-refractivity contribution in [2.75, 3.05) is 11.9 Å². The van der Waals surface area contributed by atoms with Gasteiger partial charge in [0.1, 0.15) is 6.04 Å². The Hall–Kier alpha value is -1.72. The molecule has 0 bridgehead atoms. The molecule has 1 rings (SSSR count). The smallest absolute Gasteiger partial charge is 0.374 e. The van der Waals surface area contributed by atoms with Crippen LogP contribution in [0.15, 0.2) is 24.3 Å². The molecule has 112 valence electrons. The second-order valence-electron chi connectivity index (χ2n) is 4.59. The van der Waals surface area contributed by atoms with E-state index in [9.17, 15) is 18.0 Å². The molecule has 0 aliphatic heterocycles. The standard InChI is InChI=1S/C14H19F3N2O/c1-3-4-8-18-13(20)10(2)19-12-7-5-6-11(9-12)14(15,16)17/h5-7,9-10,19H,3-4,8H2,1-2H3,(H,18,20). The molecule has 1 aromatic carbocycles. The number of carbonyl (C=O) groups excluding carboxylic acids is 1. The summed E-state index contributed by atoms with van der Waals surface area (Å²) in [5.74, 6) is -0.226. The molecule has 0 saturated carbocycles. The number of hydrogen-bond acceptors (Lipinski definition) is 2. The molecule has 3 nitrogen and oxygen atoms in total. The van der Waals surface area contributed by atoms with Crippen molar-refractivity contribution in [3.05, 3.63) is 29.8 Å². The molecule has 1 atom stereocenters. The number of carbonyl (C=O) groups is 1. The second kappa shape index (κ2) is 7.17. The van der Waals surface area contributed by atoms with Crippen LogP contribution in [0.25, 0.3) is 0 Å². The largest absolute Gasteiger partial charge is 0.416 e. The molecule has 0 saturated heterocycles. The first-order valence-electron chi connectivity index (χ1n) is 6.56. The Balaban J connectivity index is 2.62. The first-order valence-corrected chi connectivity index (χ1v) is 6.56. The van der Waals surface area contributed by atoms with Crippen LogP contribution in [0.3, 0.4) is 0 Å². The highest BCUT2D eigenvalue weighted by atomic mass is 19.4. The molecule has 1 unspecified atom stereocenters. The van der Waals surface area contributed by atoms with Gasteiger partial charge in [0.25, 0.3) is 0 Å². The SMILES string of the molecule is CCCCNC(=O)C(C)Nc1cccc(C(F)(F)F)c1. The molecular formula is C14H19F3N2O. The zero-order valence-electron chi connectivity index (χ0n) is 11.6. The Morgan fingerprint density at radius 2 is 2.05 bits per heavy atom. The van der Waals surface area contributed by atoms with E-state index >= 15 is 0 Å². The summed E-state index contributed by atoms with van der Waals surface area (Å²) in [6.07, 6.45) is -2.54. The number of nitrogens with one attached hydrogen (secondary N) is 2. The molecule has 2 N–H and O–H groups in total. The molecule has 1 amide bonds. The van der Waals surface area contributed by atoms with Crippen LogP contribution in [0, 0.1) is 0 Å². The fourth-order valence-electron chi connectivity index (χ4n) is 1.64. The van der Waals surface area contributed by atoms with Gasteiger partial charge in [0.15, 0.2) is 0 Å². The number of halogens is 3. The highest BCUT2D eigenvalue weighted by molar-refractivity contribution is 5.84. The van der Waals surface area contributed by atoms with Gasteiger partial charge in [-0.15, -0.1) is 0 Å². The lowest BCUT2D eigenvalue weighted by Gasteiger charge is -2.16. The minimum Gasteiger partial charge on any atom is -0.374 e. The summed E-state index contributed by atoms with van der Waals surface area (Å²) in [4.78, 5) is 11.7. The number of hydrogen-bond donors (Lipinski definition) is 2. The monoisotopic (exact) mass is 288 g/mol. The molecule has 0 heterocycles. The van der Waals surface area contributed by atoms with Crippen molar-refractivity contribution in [3.8, 4) is 0 Å². The zero-order valence-corrected chi connectivity index (χ0v) is 11.6. The van der Waals surface area contributed by atoms with Crippen molar-refractivity contribution in [2.24, 2.45) is 0 Å². The van der Waals surface area contributed by atoms with Gasteiger partial charge in [-0.2, -0.15) is 13.2 Å². The number of anilines is 1. The van der Waals surface area contributed by atoms with Crippen LogP contribution in [-0.4, -0.2) is 18.5 Å². The van der Waals surface area contributed by atoms with Gasteiger partial charge in [0.05, 0.1) is 5.56 Å². The van der Waals surface area contributed by atoms with Crippen molar-refractivity contribution >= 4 is 11.6 Å². The molecule has 0 fully saturated rings. The Bertz CT molecular complexity index is 446. The van der Waals surface area contributed by atoms with Crippen molar-refractivity contribution in [3.63, 3.8) is 0 Å². The maximum absolute atomic E-state index is 12.6. The maximum atomic E-state index is 12.6. The summed E-state index contributed by atoms with van der Waals surface area (Å²) in [6, 6.07) is 4.22. The Labute approximate surface area is 116 Å². The van der Waals surface area contributed by atoms with E-state index < -0.39 is 17.8 Å². The summed E-state index contributed by atoms with van der Waals surface area (Å²) < 4.78 is 37.7. The second-order valence-corrected chi connectivity index (χ2v) is 4.59. The highest BCUT2D eigenvalue weighted by Gasteiger charge is 2.30. The van der Waals surface area contributed by atoms with E-state index in [2.05, 4.69) is 10.6 Å². The predicted octanol–water partition coefficient (Wildman–Crippen LogP) is 3.42. The van der Waals surface area contributed by atoms with Gasteiger partial charge in [-0.3, -0.25) is 4.79 Å². The van der Waals surface area contributed by atoms with E-state index in [-0.39, 0.29) is 11.6 Å². The molecule has 1 aromatic rings. The first kappa shape index (κ1) is 16.3. The number of rotatable bonds is 6. The van der Waals surface area contributed by atoms with Crippen molar-refractivity contribution in [1.29, 1.82) is 0 Å². The van der Waals surface area contributed by atoms with Crippen LogP contribution < -0.4 is 10.6 Å². The minimum atomic E-state index is -4.38. The van der Waals surface area contributed by atoms with Crippen LogP contribution in [-0.2, 0) is 11.0 Å². The summed E-state index contributed by atoms with van der Waals surface area (Å²) in [7, 11) is 0. The quantitative estimate of drug-likeness (QED) is 0.787. The Morgan fingerprint density at radius 1 is 1.35 bits per heavy atom. The Morgan fingerprint density at radius 3 is 2.65 bits per heavy atom. The molecule has 0 aromatic heterocycles. The van der Waals surface area contributed by atoms with Gasteiger partial charge < -0.3 is 10.6 Å². The zero-order chi connectivity index (χ0) is 15.2. The van der Waals surface area contributed by atoms with Crippen LogP contribution in [0.4, 0.5) is 18.9 Å². The topological polar surface area (TPSA) is 41.1 Å². The molecule has 0 spiro atoms. The first-order chi connectivity index (χ1) is 9.34.